The highest BCUT2D eigenvalue weighted by molar-refractivity contribution is 5.38. The molecule has 19 heavy (non-hydrogen) atoms. The molecule has 5 heteroatoms. The number of phenols is 1. The maximum atomic E-state index is 11.9. The zero-order valence-corrected chi connectivity index (χ0v) is 10.8. The van der Waals surface area contributed by atoms with Crippen LogP contribution in [0.25, 0.3) is 0 Å². The van der Waals surface area contributed by atoms with E-state index in [4.69, 9.17) is 0 Å². The zero-order valence-electron chi connectivity index (χ0n) is 10.8. The van der Waals surface area contributed by atoms with Gasteiger partial charge in [0.05, 0.1) is 18.4 Å². The van der Waals surface area contributed by atoms with Crippen LogP contribution in [0.1, 0.15) is 18.9 Å². The van der Waals surface area contributed by atoms with Crippen molar-refractivity contribution in [1.29, 1.82) is 0 Å². The van der Waals surface area contributed by atoms with Crippen LogP contribution in [0, 0.1) is 0 Å². The van der Waals surface area contributed by atoms with Crippen LogP contribution in [0.4, 0.5) is 5.69 Å². The number of rotatable bonds is 5. The van der Waals surface area contributed by atoms with Crippen molar-refractivity contribution in [2.75, 3.05) is 11.9 Å². The molecule has 2 N–H and O–H groups in total. The molecule has 0 saturated carbocycles. The molecule has 5 nitrogen and oxygen atoms in total. The highest BCUT2D eigenvalue weighted by Crippen LogP contribution is 2.10. The van der Waals surface area contributed by atoms with E-state index >= 15 is 0 Å². The van der Waals surface area contributed by atoms with Gasteiger partial charge in [0.2, 0.25) is 0 Å². The molecule has 0 aliphatic rings. The van der Waals surface area contributed by atoms with Gasteiger partial charge in [-0.2, -0.15) is 5.10 Å². The lowest BCUT2D eigenvalue weighted by Gasteiger charge is -2.07. The molecular weight excluding hydrogens is 242 g/mol. The maximum Gasteiger partial charge on any atom is 0.269 e. The molecule has 1 heterocycles. The molecule has 1 aromatic heterocycles. The minimum absolute atomic E-state index is 0.144. The van der Waals surface area contributed by atoms with E-state index < -0.39 is 0 Å². The van der Waals surface area contributed by atoms with Crippen molar-refractivity contribution in [3.63, 3.8) is 0 Å². The van der Waals surface area contributed by atoms with Crippen molar-refractivity contribution in [3.05, 3.63) is 52.4 Å². The van der Waals surface area contributed by atoms with Crippen LogP contribution in [0.5, 0.6) is 5.75 Å². The Labute approximate surface area is 111 Å². The van der Waals surface area contributed by atoms with Crippen molar-refractivity contribution in [2.45, 2.75) is 19.9 Å². The Morgan fingerprint density at radius 2 is 2.05 bits per heavy atom. The van der Waals surface area contributed by atoms with Gasteiger partial charge < -0.3 is 10.4 Å². The fourth-order valence-corrected chi connectivity index (χ4v) is 1.69. The lowest BCUT2D eigenvalue weighted by molar-refractivity contribution is 0.475. The summed E-state index contributed by atoms with van der Waals surface area (Å²) in [6, 6.07) is 8.28. The maximum absolute atomic E-state index is 11.9. The van der Waals surface area contributed by atoms with Crippen LogP contribution >= 0.6 is 0 Å². The summed E-state index contributed by atoms with van der Waals surface area (Å²) in [4.78, 5) is 11.9. The van der Waals surface area contributed by atoms with Crippen LogP contribution in [-0.2, 0) is 6.54 Å². The zero-order chi connectivity index (χ0) is 13.7. The summed E-state index contributed by atoms with van der Waals surface area (Å²) in [6.07, 6.45) is 2.65. The molecule has 0 aliphatic heterocycles. The van der Waals surface area contributed by atoms with Crippen LogP contribution in [-0.4, -0.2) is 21.4 Å². The monoisotopic (exact) mass is 259 g/mol. The molecule has 0 bridgehead atoms. The summed E-state index contributed by atoms with van der Waals surface area (Å²) in [7, 11) is 0. The van der Waals surface area contributed by atoms with E-state index in [0.717, 1.165) is 24.2 Å². The van der Waals surface area contributed by atoms with Crippen LogP contribution in [0.2, 0.25) is 0 Å². The van der Waals surface area contributed by atoms with Gasteiger partial charge in [-0.05, 0) is 24.1 Å². The minimum atomic E-state index is -0.144. The van der Waals surface area contributed by atoms with Crippen LogP contribution in [0.15, 0.2) is 41.3 Å². The van der Waals surface area contributed by atoms with Gasteiger partial charge in [-0.1, -0.05) is 19.1 Å². The van der Waals surface area contributed by atoms with Crippen molar-refractivity contribution >= 4 is 5.69 Å². The topological polar surface area (TPSA) is 67.2 Å². The standard InChI is InChI=1S/C14H17N3O2/c1-2-7-15-12-8-14(19)17(16-9-12)10-11-3-5-13(18)6-4-11/h3-6,8-9,15,18H,2,7,10H2,1H3. The molecule has 0 spiro atoms. The van der Waals surface area contributed by atoms with Gasteiger partial charge in [0.15, 0.2) is 0 Å². The quantitative estimate of drug-likeness (QED) is 0.859. The molecule has 0 unspecified atom stereocenters. The van der Waals surface area contributed by atoms with E-state index in [-0.39, 0.29) is 11.3 Å². The van der Waals surface area contributed by atoms with Gasteiger partial charge in [-0.15, -0.1) is 0 Å². The highest BCUT2D eigenvalue weighted by Gasteiger charge is 2.01. The largest absolute Gasteiger partial charge is 0.508 e. The van der Waals surface area contributed by atoms with Gasteiger partial charge in [0, 0.05) is 12.6 Å². The molecule has 0 radical (unpaired) electrons. The van der Waals surface area contributed by atoms with Crippen molar-refractivity contribution in [2.24, 2.45) is 0 Å². The second kappa shape index (κ2) is 6.04. The molecule has 2 aromatic rings. The number of phenolic OH excluding ortho intramolecular Hbond substituents is 1. The van der Waals surface area contributed by atoms with Crippen LogP contribution < -0.4 is 10.9 Å². The van der Waals surface area contributed by atoms with E-state index in [1.165, 1.54) is 4.68 Å². The van der Waals surface area contributed by atoms with E-state index in [1.807, 2.05) is 0 Å². The molecule has 100 valence electrons. The number of benzene rings is 1. The Kier molecular flexibility index (Phi) is 4.18. The van der Waals surface area contributed by atoms with Crippen molar-refractivity contribution in [3.8, 4) is 5.75 Å². The van der Waals surface area contributed by atoms with E-state index in [1.54, 1.807) is 36.5 Å². The first-order valence-corrected chi connectivity index (χ1v) is 6.28. The third kappa shape index (κ3) is 3.58. The molecule has 1 aromatic carbocycles. The predicted octanol–water partition coefficient (Wildman–Crippen LogP) is 1.82. The number of nitrogens with zero attached hydrogens (tertiary/aromatic N) is 2. The first-order valence-electron chi connectivity index (χ1n) is 6.28. The normalized spacial score (nSPS) is 10.4. The summed E-state index contributed by atoms with van der Waals surface area (Å²) in [5.41, 5.74) is 1.52. The van der Waals surface area contributed by atoms with Crippen LogP contribution in [0.3, 0.4) is 0 Å². The number of aromatic nitrogens is 2. The first-order chi connectivity index (χ1) is 9.19. The molecule has 0 atom stereocenters. The van der Waals surface area contributed by atoms with E-state index in [9.17, 15) is 9.90 Å². The molecule has 0 saturated heterocycles. The summed E-state index contributed by atoms with van der Waals surface area (Å²) < 4.78 is 1.39. The fraction of sp³-hybridized carbons (Fsp3) is 0.286. The van der Waals surface area contributed by atoms with E-state index in [0.29, 0.717) is 6.54 Å². The summed E-state index contributed by atoms with van der Waals surface area (Å²) in [5.74, 6) is 0.211. The molecule has 0 amide bonds. The van der Waals surface area contributed by atoms with Crippen molar-refractivity contribution in [1.82, 2.24) is 9.78 Å². The highest BCUT2D eigenvalue weighted by atomic mass is 16.3. The summed E-state index contributed by atoms with van der Waals surface area (Å²) in [6.45, 7) is 3.28. The Morgan fingerprint density at radius 3 is 2.68 bits per heavy atom. The van der Waals surface area contributed by atoms with Crippen molar-refractivity contribution < 1.29 is 5.11 Å². The molecule has 2 rings (SSSR count). The molecular formula is C14H17N3O2. The summed E-state index contributed by atoms with van der Waals surface area (Å²) in [5, 5.41) is 16.5. The van der Waals surface area contributed by atoms with Gasteiger partial charge in [-0.3, -0.25) is 4.79 Å². The first kappa shape index (κ1) is 13.1. The van der Waals surface area contributed by atoms with Gasteiger partial charge in [0.25, 0.3) is 5.56 Å². The lowest BCUT2D eigenvalue weighted by Crippen LogP contribution is -2.23. The third-order valence-corrected chi connectivity index (χ3v) is 2.72. The Morgan fingerprint density at radius 1 is 1.32 bits per heavy atom. The second-order valence-electron chi connectivity index (χ2n) is 4.33. The third-order valence-electron chi connectivity index (χ3n) is 2.72. The Hall–Kier alpha value is -2.30. The Bertz CT molecular complexity index is 590. The van der Waals surface area contributed by atoms with Gasteiger partial charge >= 0.3 is 0 Å². The van der Waals surface area contributed by atoms with Gasteiger partial charge in [-0.25, -0.2) is 4.68 Å². The number of hydrogen-bond donors (Lipinski definition) is 2. The average molecular weight is 259 g/mol. The fourth-order valence-electron chi connectivity index (χ4n) is 1.69. The number of anilines is 1. The number of aromatic hydroxyl groups is 1. The SMILES string of the molecule is CCCNc1cnn(Cc2ccc(O)cc2)c(=O)c1. The second-order valence-corrected chi connectivity index (χ2v) is 4.33. The average Bonchev–Trinajstić information content (AvgIpc) is 2.41. The predicted molar refractivity (Wildman–Crippen MR) is 74.5 cm³/mol. The molecule has 0 fully saturated rings. The van der Waals surface area contributed by atoms with Gasteiger partial charge in [0.1, 0.15) is 5.75 Å². The van der Waals surface area contributed by atoms with E-state index in [2.05, 4.69) is 17.3 Å². The minimum Gasteiger partial charge on any atom is -0.508 e. The smallest absolute Gasteiger partial charge is 0.269 e. The lowest BCUT2D eigenvalue weighted by atomic mass is 10.2. The molecule has 0 aliphatic carbocycles. The number of nitrogens with one attached hydrogen (secondary N) is 1. The Balaban J connectivity index is 2.13. The number of hydrogen-bond acceptors (Lipinski definition) is 4. The summed E-state index contributed by atoms with van der Waals surface area (Å²) >= 11 is 0.